The van der Waals surface area contributed by atoms with Gasteiger partial charge >= 0.3 is 6.09 Å². The first-order valence-electron chi connectivity index (χ1n) is 10.5. The van der Waals surface area contributed by atoms with Crippen LogP contribution in [0.2, 0.25) is 0 Å². The molecule has 8 heteroatoms. The third-order valence-corrected chi connectivity index (χ3v) is 5.24. The molecule has 1 amide bonds. The third kappa shape index (κ3) is 4.72. The molecule has 2 heterocycles. The lowest BCUT2D eigenvalue weighted by atomic mass is 10.1. The molecule has 1 saturated heterocycles. The molecule has 1 aromatic heterocycles. The lowest BCUT2D eigenvalue weighted by Crippen LogP contribution is -2.40. The van der Waals surface area contributed by atoms with Gasteiger partial charge in [0.05, 0.1) is 28.7 Å². The molecule has 1 atom stereocenters. The molecular formula is C24H25N5O3. The van der Waals surface area contributed by atoms with E-state index >= 15 is 0 Å². The Balaban J connectivity index is 1.54. The van der Waals surface area contributed by atoms with E-state index in [1.807, 2.05) is 39.0 Å². The summed E-state index contributed by atoms with van der Waals surface area (Å²) >= 11 is 0. The number of hydrogen-bond acceptors (Lipinski definition) is 6. The number of nitrogens with one attached hydrogen (secondary N) is 2. The van der Waals surface area contributed by atoms with Crippen molar-refractivity contribution in [3.05, 3.63) is 58.4 Å². The summed E-state index contributed by atoms with van der Waals surface area (Å²) in [6, 6.07) is 14.6. The highest BCUT2D eigenvalue weighted by Gasteiger charge is 2.26. The van der Waals surface area contributed by atoms with Crippen LogP contribution in [0.3, 0.4) is 0 Å². The van der Waals surface area contributed by atoms with Crippen LogP contribution in [0.4, 0.5) is 10.5 Å². The number of amides is 1. The second-order valence-corrected chi connectivity index (χ2v) is 8.88. The monoisotopic (exact) mass is 431 g/mol. The zero-order valence-electron chi connectivity index (χ0n) is 18.3. The van der Waals surface area contributed by atoms with Gasteiger partial charge in [-0.25, -0.2) is 9.78 Å². The number of ether oxygens (including phenoxy) is 1. The maximum Gasteiger partial charge on any atom is 0.407 e. The van der Waals surface area contributed by atoms with Crippen molar-refractivity contribution in [1.82, 2.24) is 15.3 Å². The Morgan fingerprint density at radius 1 is 1.25 bits per heavy atom. The first kappa shape index (κ1) is 21.4. The van der Waals surface area contributed by atoms with Gasteiger partial charge in [-0.05, 0) is 57.5 Å². The topological polar surface area (TPSA) is 111 Å². The van der Waals surface area contributed by atoms with Gasteiger partial charge in [-0.15, -0.1) is 0 Å². The Bertz CT molecular complexity index is 1250. The van der Waals surface area contributed by atoms with Crippen LogP contribution in [-0.2, 0) is 4.74 Å². The summed E-state index contributed by atoms with van der Waals surface area (Å²) in [7, 11) is 0. The molecule has 1 fully saturated rings. The normalized spacial score (nSPS) is 16.1. The maximum absolute atomic E-state index is 12.5. The maximum atomic E-state index is 12.5. The van der Waals surface area contributed by atoms with Crippen molar-refractivity contribution in [3.63, 3.8) is 0 Å². The number of aromatic nitrogens is 2. The number of hydrogen-bond donors (Lipinski definition) is 2. The van der Waals surface area contributed by atoms with E-state index in [1.54, 1.807) is 24.3 Å². The molecule has 8 nitrogen and oxygen atoms in total. The highest BCUT2D eigenvalue weighted by molar-refractivity contribution is 5.81. The number of carbonyl (C=O) groups excluding carboxylic acids is 1. The van der Waals surface area contributed by atoms with Gasteiger partial charge in [0, 0.05) is 24.3 Å². The average molecular weight is 431 g/mol. The molecule has 0 spiro atoms. The molecule has 1 aliphatic rings. The zero-order valence-corrected chi connectivity index (χ0v) is 18.3. The largest absolute Gasteiger partial charge is 0.444 e. The van der Waals surface area contributed by atoms with Crippen molar-refractivity contribution in [2.24, 2.45) is 0 Å². The van der Waals surface area contributed by atoms with Gasteiger partial charge in [0.25, 0.3) is 5.56 Å². The molecular weight excluding hydrogens is 406 g/mol. The molecule has 4 rings (SSSR count). The van der Waals surface area contributed by atoms with E-state index in [1.165, 1.54) is 0 Å². The van der Waals surface area contributed by atoms with Crippen LogP contribution in [-0.4, -0.2) is 40.8 Å². The summed E-state index contributed by atoms with van der Waals surface area (Å²) in [6.45, 7) is 6.97. The summed E-state index contributed by atoms with van der Waals surface area (Å²) in [6.07, 6.45) is 0.404. The molecule has 0 saturated carbocycles. The lowest BCUT2D eigenvalue weighted by molar-refractivity contribution is 0.0509. The van der Waals surface area contributed by atoms with Gasteiger partial charge in [0.15, 0.2) is 0 Å². The number of benzene rings is 2. The van der Waals surface area contributed by atoms with Crippen molar-refractivity contribution >= 4 is 22.8 Å². The summed E-state index contributed by atoms with van der Waals surface area (Å²) in [5.74, 6) is 0. The predicted molar refractivity (Wildman–Crippen MR) is 123 cm³/mol. The van der Waals surface area contributed by atoms with Crippen molar-refractivity contribution in [2.45, 2.75) is 38.8 Å². The first-order chi connectivity index (χ1) is 15.2. The number of nitriles is 1. The Morgan fingerprint density at radius 2 is 2.00 bits per heavy atom. The standard InChI is InChI=1S/C24H25N5O3/c1-24(2,3)32-23(31)26-17-10-11-29(14-17)18-8-9-19-20(12-18)27-21(22(30)28-19)16-6-4-15(13-25)5-7-16/h4-9,12,17H,10-11,14H2,1-3H3,(H,26,31)(H,28,30)/t17-/m0/s1. The third-order valence-electron chi connectivity index (χ3n) is 5.24. The zero-order chi connectivity index (χ0) is 22.9. The Hall–Kier alpha value is -3.86. The van der Waals surface area contributed by atoms with Crippen molar-refractivity contribution in [3.8, 4) is 17.3 Å². The van der Waals surface area contributed by atoms with Crippen LogP contribution in [0, 0.1) is 11.3 Å². The summed E-state index contributed by atoms with van der Waals surface area (Å²) in [5.41, 5.74) is 2.97. The van der Waals surface area contributed by atoms with Crippen molar-refractivity contribution in [2.75, 3.05) is 18.0 Å². The van der Waals surface area contributed by atoms with Gasteiger partial charge in [-0.3, -0.25) is 4.79 Å². The van der Waals surface area contributed by atoms with E-state index in [0.717, 1.165) is 18.7 Å². The number of rotatable bonds is 3. The second kappa shape index (κ2) is 8.35. The van der Waals surface area contributed by atoms with Crippen LogP contribution >= 0.6 is 0 Å². The fraction of sp³-hybridized carbons (Fsp3) is 0.333. The minimum absolute atomic E-state index is 0.00158. The Morgan fingerprint density at radius 3 is 2.69 bits per heavy atom. The number of H-pyrrole nitrogens is 1. The van der Waals surface area contributed by atoms with Crippen molar-refractivity contribution in [1.29, 1.82) is 5.26 Å². The van der Waals surface area contributed by atoms with E-state index in [0.29, 0.717) is 34.4 Å². The molecule has 0 aliphatic carbocycles. The van der Waals surface area contributed by atoms with Gasteiger partial charge in [-0.2, -0.15) is 5.26 Å². The van der Waals surface area contributed by atoms with E-state index in [2.05, 4.69) is 26.3 Å². The minimum Gasteiger partial charge on any atom is -0.444 e. The van der Waals surface area contributed by atoms with E-state index < -0.39 is 11.7 Å². The van der Waals surface area contributed by atoms with Gasteiger partial charge in [-0.1, -0.05) is 12.1 Å². The minimum atomic E-state index is -0.532. The highest BCUT2D eigenvalue weighted by atomic mass is 16.6. The fourth-order valence-electron chi connectivity index (χ4n) is 3.75. The predicted octanol–water partition coefficient (Wildman–Crippen LogP) is 3.57. The van der Waals surface area contributed by atoms with Gasteiger partial charge in [0.1, 0.15) is 11.3 Å². The average Bonchev–Trinajstić information content (AvgIpc) is 3.20. The molecule has 0 radical (unpaired) electrons. The molecule has 2 N–H and O–H groups in total. The van der Waals surface area contributed by atoms with Gasteiger partial charge in [0.2, 0.25) is 0 Å². The molecule has 32 heavy (non-hydrogen) atoms. The molecule has 164 valence electrons. The van der Waals surface area contributed by atoms with Gasteiger partial charge < -0.3 is 19.9 Å². The Labute approximate surface area is 185 Å². The second-order valence-electron chi connectivity index (χ2n) is 8.88. The number of aromatic amines is 1. The molecule has 0 bridgehead atoms. The molecule has 0 unspecified atom stereocenters. The van der Waals surface area contributed by atoms with Crippen LogP contribution in [0.25, 0.3) is 22.3 Å². The SMILES string of the molecule is CC(C)(C)OC(=O)N[C@H]1CCN(c2ccc3[nH]c(=O)c(-c4ccc(C#N)cc4)nc3c2)C1. The lowest BCUT2D eigenvalue weighted by Gasteiger charge is -2.22. The quantitative estimate of drug-likeness (QED) is 0.656. The van der Waals surface area contributed by atoms with Crippen LogP contribution < -0.4 is 15.8 Å². The van der Waals surface area contributed by atoms with Crippen LogP contribution in [0.1, 0.15) is 32.8 Å². The van der Waals surface area contributed by atoms with Crippen molar-refractivity contribution < 1.29 is 9.53 Å². The summed E-state index contributed by atoms with van der Waals surface area (Å²) in [5, 5.41) is 11.9. The number of alkyl carbamates (subject to hydrolysis) is 1. The number of nitrogens with zero attached hydrogens (tertiary/aromatic N) is 3. The molecule has 3 aromatic rings. The Kier molecular flexibility index (Phi) is 5.57. The van der Waals surface area contributed by atoms with Crippen LogP contribution in [0.15, 0.2) is 47.3 Å². The number of fused-ring (bicyclic) bond motifs is 1. The number of carbonyl (C=O) groups is 1. The number of anilines is 1. The van der Waals surface area contributed by atoms with E-state index in [9.17, 15) is 9.59 Å². The summed E-state index contributed by atoms with van der Waals surface area (Å²) in [4.78, 5) is 34.3. The highest BCUT2D eigenvalue weighted by Crippen LogP contribution is 2.25. The van der Waals surface area contributed by atoms with E-state index in [4.69, 9.17) is 10.00 Å². The molecule has 2 aromatic carbocycles. The summed E-state index contributed by atoms with van der Waals surface area (Å²) < 4.78 is 5.35. The van der Waals surface area contributed by atoms with Crippen LogP contribution in [0.5, 0.6) is 0 Å². The van der Waals surface area contributed by atoms with E-state index in [-0.39, 0.29) is 11.6 Å². The molecule has 1 aliphatic heterocycles. The first-order valence-corrected chi connectivity index (χ1v) is 10.5. The fourth-order valence-corrected chi connectivity index (χ4v) is 3.75. The smallest absolute Gasteiger partial charge is 0.407 e.